The summed E-state index contributed by atoms with van der Waals surface area (Å²) in [6.45, 7) is 0. The zero-order valence-electron chi connectivity index (χ0n) is 24.9. The lowest BCUT2D eigenvalue weighted by molar-refractivity contribution is -0.158. The lowest BCUT2D eigenvalue weighted by Crippen LogP contribution is -2.42. The van der Waals surface area contributed by atoms with E-state index in [0.29, 0.717) is 33.7 Å². The first-order chi connectivity index (χ1) is 22.4. The highest BCUT2D eigenvalue weighted by Gasteiger charge is 2.59. The molecule has 0 bridgehead atoms. The lowest BCUT2D eigenvalue weighted by atomic mass is 9.85. The number of hydrogen-bond acceptors (Lipinski definition) is 6. The van der Waals surface area contributed by atoms with Gasteiger partial charge in [-0.2, -0.15) is 0 Å². The molecule has 0 fully saturated rings. The van der Waals surface area contributed by atoms with Crippen LogP contribution in [-0.2, 0) is 24.7 Å². The molecule has 8 nitrogen and oxygen atoms in total. The number of aromatic nitrogens is 2. The highest BCUT2D eigenvalue weighted by atomic mass is 16.5. The lowest BCUT2D eigenvalue weighted by Gasteiger charge is -2.34. The summed E-state index contributed by atoms with van der Waals surface area (Å²) in [6, 6.07) is 28.4. The van der Waals surface area contributed by atoms with E-state index in [4.69, 9.17) is 9.47 Å². The molecule has 2 atom stereocenters. The Hall–Kier alpha value is -5.70. The highest BCUT2D eigenvalue weighted by Crippen LogP contribution is 2.57. The van der Waals surface area contributed by atoms with Gasteiger partial charge in [0.1, 0.15) is 17.6 Å². The molecule has 0 spiro atoms. The summed E-state index contributed by atoms with van der Waals surface area (Å²) in [5, 5.41) is 21.5. The molecule has 4 aromatic carbocycles. The molecule has 8 heteroatoms. The molecular formula is C38H28N2O6. The number of H-pyrrole nitrogens is 2. The molecule has 2 unspecified atom stereocenters. The number of Topliss-reactive ketones (excluding diaryl/α,β-unsaturated/α-hetero) is 2. The Labute approximate surface area is 263 Å². The topological polar surface area (TPSA) is 125 Å². The number of phenolic OH excluding ortho intramolecular Hbond substituents is 2. The van der Waals surface area contributed by atoms with Crippen molar-refractivity contribution < 1.29 is 29.3 Å². The van der Waals surface area contributed by atoms with Crippen LogP contribution >= 0.6 is 0 Å². The molecular weight excluding hydrogens is 580 g/mol. The summed E-state index contributed by atoms with van der Waals surface area (Å²) in [5.41, 5.74) is 4.56. The zero-order chi connectivity index (χ0) is 31.7. The summed E-state index contributed by atoms with van der Waals surface area (Å²) in [7, 11) is 2.98. The van der Waals surface area contributed by atoms with Gasteiger partial charge in [0, 0.05) is 63.9 Å². The quantitative estimate of drug-likeness (QED) is 0.158. The number of hydrogen-bond donors (Lipinski definition) is 4. The molecule has 0 saturated carbocycles. The van der Waals surface area contributed by atoms with Crippen LogP contribution in [-0.4, -0.2) is 46.0 Å². The van der Waals surface area contributed by atoms with Crippen LogP contribution < -0.4 is 0 Å². The maximum Gasteiger partial charge on any atom is 0.205 e. The number of ether oxygens (including phenoxy) is 2. The van der Waals surface area contributed by atoms with Gasteiger partial charge in [0.25, 0.3) is 0 Å². The van der Waals surface area contributed by atoms with Crippen molar-refractivity contribution in [2.75, 3.05) is 14.2 Å². The van der Waals surface area contributed by atoms with E-state index in [1.165, 1.54) is 26.4 Å². The number of methoxy groups -OCH3 is 2. The van der Waals surface area contributed by atoms with Crippen LogP contribution in [0.25, 0.3) is 44.6 Å². The number of allylic oxidation sites excluding steroid dienone is 2. The van der Waals surface area contributed by atoms with Crippen molar-refractivity contribution in [3.05, 3.63) is 131 Å². The van der Waals surface area contributed by atoms with E-state index in [1.54, 1.807) is 42.5 Å². The fourth-order valence-corrected chi connectivity index (χ4v) is 7.15. The Balaban J connectivity index is 1.47. The first-order valence-corrected chi connectivity index (χ1v) is 14.8. The third-order valence-electron chi connectivity index (χ3n) is 9.17. The number of benzene rings is 4. The Kier molecular flexibility index (Phi) is 6.15. The van der Waals surface area contributed by atoms with Crippen molar-refractivity contribution in [3.63, 3.8) is 0 Å². The number of carbonyl (C=O) groups is 2. The van der Waals surface area contributed by atoms with Gasteiger partial charge in [-0.05, 0) is 53.6 Å². The number of aromatic hydroxyl groups is 2. The molecule has 46 heavy (non-hydrogen) atoms. The van der Waals surface area contributed by atoms with Gasteiger partial charge in [-0.1, -0.05) is 60.7 Å². The molecule has 0 saturated heterocycles. The van der Waals surface area contributed by atoms with E-state index in [9.17, 15) is 15.0 Å². The van der Waals surface area contributed by atoms with Crippen LogP contribution in [0.5, 0.6) is 11.5 Å². The number of carbonyl (C=O) groups excluding carboxylic acids is 2. The SMILES string of the molecule is COC(c1ccc(O)cc1)C1(OC)C(=O)/C(=C2/C(=O)/C(=C/c3ccc(O)cc3)c3[nH]c4ccccc4c32)c2c1[nH]c1ccccc21. The molecule has 6 aromatic rings. The van der Waals surface area contributed by atoms with Crippen LogP contribution in [0.1, 0.15) is 39.7 Å². The molecule has 0 aliphatic heterocycles. The predicted octanol–water partition coefficient (Wildman–Crippen LogP) is 6.91. The van der Waals surface area contributed by atoms with Gasteiger partial charge in [0.05, 0.1) is 11.4 Å². The monoisotopic (exact) mass is 608 g/mol. The fraction of sp³-hybridized carbons (Fsp3) is 0.105. The highest BCUT2D eigenvalue weighted by molar-refractivity contribution is 6.59. The fourth-order valence-electron chi connectivity index (χ4n) is 7.15. The minimum absolute atomic E-state index is 0.0771. The summed E-state index contributed by atoms with van der Waals surface area (Å²) in [6.07, 6.45) is 0.846. The van der Waals surface area contributed by atoms with Crippen molar-refractivity contribution in [3.8, 4) is 11.5 Å². The smallest absolute Gasteiger partial charge is 0.205 e. The Bertz CT molecular complexity index is 2290. The summed E-state index contributed by atoms with van der Waals surface area (Å²) in [5.74, 6) is -0.513. The van der Waals surface area contributed by atoms with E-state index in [1.807, 2.05) is 48.5 Å². The first kappa shape index (κ1) is 27.8. The van der Waals surface area contributed by atoms with Crippen LogP contribution in [0, 0.1) is 0 Å². The normalized spacial score (nSPS) is 20.6. The van der Waals surface area contributed by atoms with Crippen LogP contribution in [0.2, 0.25) is 0 Å². The largest absolute Gasteiger partial charge is 0.508 e. The summed E-state index contributed by atoms with van der Waals surface area (Å²) in [4.78, 5) is 36.8. The van der Waals surface area contributed by atoms with Gasteiger partial charge in [-0.25, -0.2) is 0 Å². The molecule has 2 aliphatic rings. The van der Waals surface area contributed by atoms with Crippen LogP contribution in [0.15, 0.2) is 97.1 Å². The molecule has 0 radical (unpaired) electrons. The van der Waals surface area contributed by atoms with Crippen molar-refractivity contribution in [2.24, 2.45) is 0 Å². The molecule has 0 amide bonds. The van der Waals surface area contributed by atoms with Crippen molar-refractivity contribution in [1.29, 1.82) is 0 Å². The standard InChI is InChI=1S/C38H28N2O6/c1-45-37(21-13-17-23(42)18-14-21)38(46-2)35-30(25-8-4-6-10-28(25)40-35)32(36(38)44)31-29-24-7-3-5-9-27(24)39-33(29)26(34(31)43)19-20-11-15-22(41)16-12-20/h3-19,37,39-42H,1-2H3/b26-19+,32-31+. The van der Waals surface area contributed by atoms with E-state index in [0.717, 1.165) is 27.4 Å². The van der Waals surface area contributed by atoms with Gasteiger partial charge in [0.2, 0.25) is 11.4 Å². The van der Waals surface area contributed by atoms with Crippen molar-refractivity contribution in [1.82, 2.24) is 9.97 Å². The molecule has 226 valence electrons. The van der Waals surface area contributed by atoms with E-state index < -0.39 is 17.5 Å². The van der Waals surface area contributed by atoms with Gasteiger partial charge < -0.3 is 29.7 Å². The second kappa shape index (κ2) is 10.2. The van der Waals surface area contributed by atoms with E-state index in [2.05, 4.69) is 9.97 Å². The number of nitrogens with one attached hydrogen (secondary N) is 2. The second-order valence-corrected chi connectivity index (χ2v) is 11.5. The second-order valence-electron chi connectivity index (χ2n) is 11.5. The van der Waals surface area contributed by atoms with Gasteiger partial charge in [0.15, 0.2) is 5.78 Å². The molecule has 8 rings (SSSR count). The van der Waals surface area contributed by atoms with Crippen LogP contribution in [0.3, 0.4) is 0 Å². The summed E-state index contributed by atoms with van der Waals surface area (Å²) < 4.78 is 12.3. The van der Waals surface area contributed by atoms with E-state index >= 15 is 4.79 Å². The molecule has 2 heterocycles. The predicted molar refractivity (Wildman–Crippen MR) is 176 cm³/mol. The zero-order valence-corrected chi connectivity index (χ0v) is 24.9. The van der Waals surface area contributed by atoms with Gasteiger partial charge in [-0.15, -0.1) is 0 Å². The number of rotatable bonds is 5. The number of para-hydroxylation sites is 2. The maximum absolute atomic E-state index is 15.2. The third kappa shape index (κ3) is 3.74. The van der Waals surface area contributed by atoms with Gasteiger partial charge in [-0.3, -0.25) is 9.59 Å². The maximum atomic E-state index is 15.2. The minimum atomic E-state index is -1.68. The minimum Gasteiger partial charge on any atom is -0.508 e. The number of aromatic amines is 2. The Morgan fingerprint density at radius 2 is 1.30 bits per heavy atom. The number of phenols is 2. The van der Waals surface area contributed by atoms with Crippen molar-refractivity contribution >= 4 is 56.2 Å². The van der Waals surface area contributed by atoms with E-state index in [-0.39, 0.29) is 28.4 Å². The number of ketones is 2. The Morgan fingerprint density at radius 1 is 0.717 bits per heavy atom. The Morgan fingerprint density at radius 3 is 1.93 bits per heavy atom. The average molecular weight is 609 g/mol. The third-order valence-corrected chi connectivity index (χ3v) is 9.17. The summed E-state index contributed by atoms with van der Waals surface area (Å²) >= 11 is 0. The molecule has 2 aromatic heterocycles. The molecule has 2 aliphatic carbocycles. The van der Waals surface area contributed by atoms with Gasteiger partial charge >= 0.3 is 0 Å². The van der Waals surface area contributed by atoms with Crippen LogP contribution in [0.4, 0.5) is 0 Å². The average Bonchev–Trinajstić information content (AvgIpc) is 3.77. The molecule has 4 N–H and O–H groups in total. The first-order valence-electron chi connectivity index (χ1n) is 14.8. The number of fused-ring (bicyclic) bond motifs is 6. The van der Waals surface area contributed by atoms with Crippen molar-refractivity contribution in [2.45, 2.75) is 11.7 Å².